The number of halogens is 3. The summed E-state index contributed by atoms with van der Waals surface area (Å²) in [4.78, 5) is 12.7. The first-order valence-corrected chi connectivity index (χ1v) is 15.7. The molecular weight excluding hydrogens is 564 g/mol. The second-order valence-electron chi connectivity index (χ2n) is 9.86. The molecule has 3 aliphatic rings. The molecule has 38 heavy (non-hydrogen) atoms. The van der Waals surface area contributed by atoms with Gasteiger partial charge in [0.2, 0.25) is 5.91 Å². The van der Waals surface area contributed by atoms with Crippen LogP contribution in [0.25, 0.3) is 0 Å². The molecule has 0 aliphatic carbocycles. The summed E-state index contributed by atoms with van der Waals surface area (Å²) in [6.45, 7) is 1.13. The van der Waals surface area contributed by atoms with Crippen LogP contribution in [0.2, 0.25) is 5.02 Å². The average Bonchev–Trinajstić information content (AvgIpc) is 2.83. The molecule has 206 valence electrons. The molecule has 5 rings (SSSR count). The van der Waals surface area contributed by atoms with Crippen molar-refractivity contribution in [2.75, 3.05) is 32.1 Å². The Morgan fingerprint density at radius 2 is 1.74 bits per heavy atom. The van der Waals surface area contributed by atoms with Crippen molar-refractivity contribution in [2.24, 2.45) is 5.92 Å². The zero-order valence-electron chi connectivity index (χ0n) is 20.4. The summed E-state index contributed by atoms with van der Waals surface area (Å²) in [6.07, 6.45) is -1.18. The molecule has 1 amide bonds. The van der Waals surface area contributed by atoms with Crippen LogP contribution < -0.4 is 4.74 Å². The lowest BCUT2D eigenvalue weighted by Crippen LogP contribution is -2.59. The van der Waals surface area contributed by atoms with E-state index in [2.05, 4.69) is 0 Å². The van der Waals surface area contributed by atoms with Crippen molar-refractivity contribution in [3.63, 3.8) is 0 Å². The highest BCUT2D eigenvalue weighted by Gasteiger charge is 2.61. The Bertz CT molecular complexity index is 1480. The number of nitrogens with zero attached hydrogens (tertiary/aromatic N) is 1. The van der Waals surface area contributed by atoms with Crippen LogP contribution >= 0.6 is 11.6 Å². The summed E-state index contributed by atoms with van der Waals surface area (Å²) in [5.41, 5.74) is -0.407. The van der Waals surface area contributed by atoms with Crippen LogP contribution in [-0.2, 0) is 34.0 Å². The van der Waals surface area contributed by atoms with Crippen molar-refractivity contribution in [1.29, 1.82) is 0 Å². The number of hydrogen-bond donors (Lipinski definition) is 0. The van der Waals surface area contributed by atoms with Gasteiger partial charge in [0.1, 0.15) is 10.6 Å². The Balaban J connectivity index is 1.54. The van der Waals surface area contributed by atoms with Crippen LogP contribution in [0.1, 0.15) is 25.3 Å². The summed E-state index contributed by atoms with van der Waals surface area (Å²) in [5, 5.41) is -0.413. The van der Waals surface area contributed by atoms with Gasteiger partial charge in [0.05, 0.1) is 34.2 Å². The third-order valence-electron chi connectivity index (χ3n) is 7.83. The molecule has 2 aromatic carbocycles. The van der Waals surface area contributed by atoms with E-state index >= 15 is 4.39 Å². The van der Waals surface area contributed by atoms with Crippen LogP contribution in [-0.4, -0.2) is 71.1 Å². The molecule has 13 heteroatoms. The highest BCUT2D eigenvalue weighted by Crippen LogP contribution is 2.56. The summed E-state index contributed by atoms with van der Waals surface area (Å²) >= 11 is 5.96. The van der Waals surface area contributed by atoms with Gasteiger partial charge >= 0.3 is 0 Å². The van der Waals surface area contributed by atoms with E-state index in [0.29, 0.717) is 5.02 Å². The second-order valence-corrected chi connectivity index (χ2v) is 14.9. The number of benzene rings is 2. The Hall–Kier alpha value is -2.28. The van der Waals surface area contributed by atoms with Gasteiger partial charge in [0, 0.05) is 37.6 Å². The molecule has 8 nitrogen and oxygen atoms in total. The number of ether oxygens (including phenoxy) is 2. The summed E-state index contributed by atoms with van der Waals surface area (Å²) in [5.74, 6) is -3.85. The minimum atomic E-state index is -4.39. The normalized spacial score (nSPS) is 25.6. The number of rotatable bonds is 6. The molecule has 0 radical (unpaired) electrons. The quantitative estimate of drug-likeness (QED) is 0.509. The van der Waals surface area contributed by atoms with E-state index < -0.39 is 64.6 Å². The predicted octanol–water partition coefficient (Wildman–Crippen LogP) is 3.12. The van der Waals surface area contributed by atoms with Crippen LogP contribution in [0.3, 0.4) is 0 Å². The van der Waals surface area contributed by atoms with Gasteiger partial charge < -0.3 is 14.4 Å². The number of fused-ring (bicyclic) bond motifs is 3. The molecule has 0 aromatic heterocycles. The molecule has 3 heterocycles. The number of likely N-dealkylation sites (tertiary alicyclic amines) is 1. The number of carbonyl (C=O) groups excluding carboxylic acids is 1. The molecule has 2 aromatic rings. The van der Waals surface area contributed by atoms with Gasteiger partial charge in [-0.25, -0.2) is 25.6 Å². The topological polar surface area (TPSA) is 107 Å². The van der Waals surface area contributed by atoms with Crippen LogP contribution in [0.5, 0.6) is 5.75 Å². The average molecular weight is 590 g/mol. The molecule has 0 spiro atoms. The molecule has 0 saturated carbocycles. The first kappa shape index (κ1) is 27.3. The molecule has 0 N–H and O–H groups in total. The summed E-state index contributed by atoms with van der Waals surface area (Å²) in [7, 11) is -8.01. The van der Waals surface area contributed by atoms with Gasteiger partial charge in [-0.2, -0.15) is 0 Å². The highest BCUT2D eigenvalue weighted by atomic mass is 35.5. The minimum absolute atomic E-state index is 0.0723. The van der Waals surface area contributed by atoms with Crippen LogP contribution in [0, 0.1) is 17.6 Å². The zero-order chi connectivity index (χ0) is 27.5. The van der Waals surface area contributed by atoms with Gasteiger partial charge in [-0.1, -0.05) is 11.6 Å². The Morgan fingerprint density at radius 1 is 1.08 bits per heavy atom. The predicted molar refractivity (Wildman–Crippen MR) is 134 cm³/mol. The number of carbonyl (C=O) groups is 1. The van der Waals surface area contributed by atoms with E-state index in [1.807, 2.05) is 0 Å². The van der Waals surface area contributed by atoms with Crippen molar-refractivity contribution in [2.45, 2.75) is 40.8 Å². The second kappa shape index (κ2) is 9.72. The van der Waals surface area contributed by atoms with E-state index in [4.69, 9.17) is 21.1 Å². The molecule has 3 atom stereocenters. The van der Waals surface area contributed by atoms with Crippen LogP contribution in [0.4, 0.5) is 8.78 Å². The summed E-state index contributed by atoms with van der Waals surface area (Å²) < 4.78 is 94.2. The Morgan fingerprint density at radius 3 is 2.39 bits per heavy atom. The molecular formula is C25H26ClF2NO7S2. The highest BCUT2D eigenvalue weighted by molar-refractivity contribution is 7.92. The van der Waals surface area contributed by atoms with E-state index in [1.54, 1.807) is 0 Å². The van der Waals surface area contributed by atoms with Gasteiger partial charge in [0.15, 0.2) is 31.2 Å². The van der Waals surface area contributed by atoms with Gasteiger partial charge in [-0.05, 0) is 49.2 Å². The van der Waals surface area contributed by atoms with Crippen molar-refractivity contribution < 1.29 is 39.9 Å². The fourth-order valence-electron chi connectivity index (χ4n) is 5.70. The van der Waals surface area contributed by atoms with E-state index in [9.17, 15) is 26.0 Å². The van der Waals surface area contributed by atoms with Gasteiger partial charge in [-0.3, -0.25) is 4.79 Å². The van der Waals surface area contributed by atoms with Crippen molar-refractivity contribution in [3.8, 4) is 5.75 Å². The van der Waals surface area contributed by atoms with Crippen molar-refractivity contribution in [1.82, 2.24) is 4.90 Å². The van der Waals surface area contributed by atoms with E-state index in [-0.39, 0.29) is 55.7 Å². The Kier molecular flexibility index (Phi) is 6.98. The number of amides is 1. The van der Waals surface area contributed by atoms with E-state index in [1.165, 1.54) is 36.1 Å². The number of sulfone groups is 2. The minimum Gasteiger partial charge on any atom is -0.490 e. The van der Waals surface area contributed by atoms with Gasteiger partial charge in [0.25, 0.3) is 0 Å². The number of hydrogen-bond acceptors (Lipinski definition) is 7. The molecule has 0 unspecified atom stereocenters. The fourth-order valence-corrected chi connectivity index (χ4v) is 9.88. The zero-order valence-corrected chi connectivity index (χ0v) is 22.8. The Labute approximate surface area is 224 Å². The molecule has 2 saturated heterocycles. The van der Waals surface area contributed by atoms with Crippen molar-refractivity contribution in [3.05, 3.63) is 58.6 Å². The molecule has 0 bridgehead atoms. The lowest BCUT2D eigenvalue weighted by molar-refractivity contribution is -0.131. The molecule has 2 fully saturated rings. The standard InChI is InChI=1S/C25H26ClF2NO7S2/c1-15(30)29-12-18(13-29)37(31,32)11-8-22-19-14-36-24-21(28)7-6-20(27)23(24)25(19,9-10-35-22)38(33,34)17-4-2-16(26)3-5-17/h2-7,18-19,22H,8-14H2,1H3/t19-,22-,25-/m0/s1. The first-order chi connectivity index (χ1) is 17.9. The van der Waals surface area contributed by atoms with Crippen molar-refractivity contribution >= 4 is 37.2 Å². The monoisotopic (exact) mass is 589 g/mol. The summed E-state index contributed by atoms with van der Waals surface area (Å²) in [6, 6.07) is 7.15. The smallest absolute Gasteiger partial charge is 0.219 e. The largest absolute Gasteiger partial charge is 0.490 e. The maximum absolute atomic E-state index is 15.4. The van der Waals surface area contributed by atoms with Gasteiger partial charge in [-0.15, -0.1) is 0 Å². The third-order valence-corrected chi connectivity index (χ3v) is 12.8. The molecule has 3 aliphatic heterocycles. The van der Waals surface area contributed by atoms with Crippen LogP contribution in [0.15, 0.2) is 41.3 Å². The van der Waals surface area contributed by atoms with E-state index in [0.717, 1.165) is 12.1 Å². The maximum Gasteiger partial charge on any atom is 0.219 e. The third kappa shape index (κ3) is 4.29. The lowest BCUT2D eigenvalue weighted by Gasteiger charge is -2.50. The lowest BCUT2D eigenvalue weighted by atomic mass is 9.75. The fraction of sp³-hybridized carbons (Fsp3) is 0.480. The first-order valence-electron chi connectivity index (χ1n) is 12.1. The SMILES string of the molecule is CC(=O)N1CC(S(=O)(=O)CC[C@@H]2OCC[C@@]3(S(=O)(=O)c4ccc(Cl)cc4)c4c(F)ccc(F)c4OC[C@@H]23)C1. The maximum atomic E-state index is 15.4.